The Hall–Kier alpha value is -2.68. The standard InChI is InChI=1S/C18H15FN2/c19-16-11-12-17(20-13-16)21-18(14-7-3-1-4-8-14)15-9-5-2-6-10-15/h1-13,18H,(H,20,21). The summed E-state index contributed by atoms with van der Waals surface area (Å²) in [4.78, 5) is 4.08. The summed E-state index contributed by atoms with van der Waals surface area (Å²) in [6.07, 6.45) is 1.22. The lowest BCUT2D eigenvalue weighted by molar-refractivity contribution is 0.621. The van der Waals surface area contributed by atoms with Crippen LogP contribution in [-0.4, -0.2) is 4.98 Å². The van der Waals surface area contributed by atoms with E-state index in [1.807, 2.05) is 36.4 Å². The molecule has 0 atom stereocenters. The van der Waals surface area contributed by atoms with Gasteiger partial charge >= 0.3 is 0 Å². The maximum Gasteiger partial charge on any atom is 0.141 e. The van der Waals surface area contributed by atoms with Crippen LogP contribution >= 0.6 is 0 Å². The number of nitrogens with one attached hydrogen (secondary N) is 1. The Morgan fingerprint density at radius 2 is 1.33 bits per heavy atom. The number of aromatic nitrogens is 1. The SMILES string of the molecule is Fc1ccc(NC(c2ccccc2)c2ccccc2)nc1. The summed E-state index contributed by atoms with van der Waals surface area (Å²) < 4.78 is 13.0. The van der Waals surface area contributed by atoms with E-state index in [1.54, 1.807) is 6.07 Å². The topological polar surface area (TPSA) is 24.9 Å². The molecule has 0 fully saturated rings. The second kappa shape index (κ2) is 6.18. The van der Waals surface area contributed by atoms with Gasteiger partial charge in [-0.05, 0) is 23.3 Å². The zero-order valence-corrected chi connectivity index (χ0v) is 11.4. The first-order valence-corrected chi connectivity index (χ1v) is 6.81. The van der Waals surface area contributed by atoms with Crippen molar-refractivity contribution < 1.29 is 4.39 Å². The lowest BCUT2D eigenvalue weighted by atomic mass is 9.99. The summed E-state index contributed by atoms with van der Waals surface area (Å²) in [6, 6.07) is 23.3. The Labute approximate surface area is 123 Å². The number of nitrogens with zero attached hydrogens (tertiary/aromatic N) is 1. The van der Waals surface area contributed by atoms with E-state index in [4.69, 9.17) is 0 Å². The van der Waals surface area contributed by atoms with Crippen LogP contribution in [0.15, 0.2) is 79.0 Å². The van der Waals surface area contributed by atoms with Crippen LogP contribution in [0.5, 0.6) is 0 Å². The van der Waals surface area contributed by atoms with Crippen molar-refractivity contribution in [1.29, 1.82) is 0 Å². The van der Waals surface area contributed by atoms with Crippen molar-refractivity contribution >= 4 is 5.82 Å². The predicted molar refractivity (Wildman–Crippen MR) is 82.5 cm³/mol. The van der Waals surface area contributed by atoms with Gasteiger partial charge in [0.25, 0.3) is 0 Å². The van der Waals surface area contributed by atoms with E-state index < -0.39 is 0 Å². The van der Waals surface area contributed by atoms with Crippen LogP contribution in [0.2, 0.25) is 0 Å². The average molecular weight is 278 g/mol. The van der Waals surface area contributed by atoms with E-state index >= 15 is 0 Å². The summed E-state index contributed by atoms with van der Waals surface area (Å²) in [5.74, 6) is 0.311. The zero-order chi connectivity index (χ0) is 14.5. The molecule has 0 saturated heterocycles. The quantitative estimate of drug-likeness (QED) is 0.764. The van der Waals surface area contributed by atoms with Crippen LogP contribution in [0.1, 0.15) is 17.2 Å². The molecule has 0 unspecified atom stereocenters. The molecule has 0 aliphatic carbocycles. The van der Waals surface area contributed by atoms with Crippen LogP contribution in [0.4, 0.5) is 10.2 Å². The lowest BCUT2D eigenvalue weighted by Crippen LogP contribution is -2.13. The zero-order valence-electron chi connectivity index (χ0n) is 11.4. The van der Waals surface area contributed by atoms with Gasteiger partial charge in [-0.2, -0.15) is 0 Å². The average Bonchev–Trinajstić information content (AvgIpc) is 2.56. The highest BCUT2D eigenvalue weighted by Crippen LogP contribution is 2.25. The summed E-state index contributed by atoms with van der Waals surface area (Å²) >= 11 is 0. The first kappa shape index (κ1) is 13.3. The van der Waals surface area contributed by atoms with E-state index in [0.717, 1.165) is 11.1 Å². The number of benzene rings is 2. The first-order valence-electron chi connectivity index (χ1n) is 6.81. The normalized spacial score (nSPS) is 10.6. The lowest BCUT2D eigenvalue weighted by Gasteiger charge is -2.20. The van der Waals surface area contributed by atoms with Gasteiger partial charge in [0.2, 0.25) is 0 Å². The summed E-state index contributed by atoms with van der Waals surface area (Å²) in [5.41, 5.74) is 2.27. The van der Waals surface area contributed by atoms with Crippen LogP contribution in [0.3, 0.4) is 0 Å². The van der Waals surface area contributed by atoms with Crippen molar-refractivity contribution in [2.75, 3.05) is 5.32 Å². The monoisotopic (exact) mass is 278 g/mol. The van der Waals surface area contributed by atoms with Crippen LogP contribution in [0.25, 0.3) is 0 Å². The van der Waals surface area contributed by atoms with Gasteiger partial charge in [-0.25, -0.2) is 9.37 Å². The molecular weight excluding hydrogens is 263 g/mol. The van der Waals surface area contributed by atoms with Gasteiger partial charge in [0.05, 0.1) is 12.2 Å². The number of halogens is 1. The van der Waals surface area contributed by atoms with Crippen molar-refractivity contribution in [3.05, 3.63) is 95.9 Å². The Morgan fingerprint density at radius 3 is 1.81 bits per heavy atom. The molecule has 104 valence electrons. The number of pyridine rings is 1. The molecule has 1 N–H and O–H groups in total. The van der Waals surface area contributed by atoms with Gasteiger partial charge in [0.1, 0.15) is 11.6 Å². The van der Waals surface area contributed by atoms with Crippen molar-refractivity contribution in [1.82, 2.24) is 4.98 Å². The number of hydrogen-bond acceptors (Lipinski definition) is 2. The molecule has 21 heavy (non-hydrogen) atoms. The highest BCUT2D eigenvalue weighted by molar-refractivity contribution is 5.44. The minimum absolute atomic E-state index is 0.0228. The largest absolute Gasteiger partial charge is 0.359 e. The Morgan fingerprint density at radius 1 is 0.762 bits per heavy atom. The van der Waals surface area contributed by atoms with Gasteiger partial charge in [-0.15, -0.1) is 0 Å². The van der Waals surface area contributed by atoms with E-state index in [9.17, 15) is 4.39 Å². The van der Waals surface area contributed by atoms with Crippen molar-refractivity contribution in [3.63, 3.8) is 0 Å². The first-order chi connectivity index (χ1) is 10.3. The van der Waals surface area contributed by atoms with Gasteiger partial charge in [-0.1, -0.05) is 60.7 Å². The maximum atomic E-state index is 13.0. The third-order valence-electron chi connectivity index (χ3n) is 3.29. The molecule has 3 rings (SSSR count). The summed E-state index contributed by atoms with van der Waals surface area (Å²) in [7, 11) is 0. The summed E-state index contributed by atoms with van der Waals surface area (Å²) in [5, 5.41) is 3.36. The molecule has 3 aromatic rings. The highest BCUT2D eigenvalue weighted by Gasteiger charge is 2.13. The van der Waals surface area contributed by atoms with Gasteiger partial charge < -0.3 is 5.32 Å². The molecule has 2 nitrogen and oxygen atoms in total. The van der Waals surface area contributed by atoms with E-state index in [0.29, 0.717) is 5.82 Å². The third-order valence-corrected chi connectivity index (χ3v) is 3.29. The van der Waals surface area contributed by atoms with E-state index in [2.05, 4.69) is 34.6 Å². The van der Waals surface area contributed by atoms with Crippen LogP contribution in [-0.2, 0) is 0 Å². The van der Waals surface area contributed by atoms with Crippen LogP contribution in [0, 0.1) is 5.82 Å². The molecular formula is C18H15FN2. The van der Waals surface area contributed by atoms with Crippen molar-refractivity contribution in [2.45, 2.75) is 6.04 Å². The molecule has 1 aromatic heterocycles. The molecule has 0 saturated carbocycles. The minimum atomic E-state index is -0.337. The van der Waals surface area contributed by atoms with Crippen molar-refractivity contribution in [3.8, 4) is 0 Å². The molecule has 3 heteroatoms. The fourth-order valence-electron chi connectivity index (χ4n) is 2.26. The Balaban J connectivity index is 1.95. The molecule has 1 heterocycles. The van der Waals surface area contributed by atoms with E-state index in [1.165, 1.54) is 12.3 Å². The second-order valence-corrected chi connectivity index (χ2v) is 4.76. The Bertz CT molecular complexity index is 642. The van der Waals surface area contributed by atoms with Crippen molar-refractivity contribution in [2.24, 2.45) is 0 Å². The second-order valence-electron chi connectivity index (χ2n) is 4.76. The van der Waals surface area contributed by atoms with E-state index in [-0.39, 0.29) is 11.9 Å². The molecule has 0 spiro atoms. The number of anilines is 1. The summed E-state index contributed by atoms with van der Waals surface area (Å²) in [6.45, 7) is 0. The molecule has 0 amide bonds. The molecule has 0 radical (unpaired) electrons. The smallest absolute Gasteiger partial charge is 0.141 e. The Kier molecular flexibility index (Phi) is 3.92. The van der Waals surface area contributed by atoms with Crippen LogP contribution < -0.4 is 5.32 Å². The fraction of sp³-hybridized carbons (Fsp3) is 0.0556. The van der Waals surface area contributed by atoms with Gasteiger partial charge in [0, 0.05) is 0 Å². The van der Waals surface area contributed by atoms with Gasteiger partial charge in [-0.3, -0.25) is 0 Å². The maximum absolute atomic E-state index is 13.0. The minimum Gasteiger partial charge on any atom is -0.359 e. The molecule has 2 aromatic carbocycles. The highest BCUT2D eigenvalue weighted by atomic mass is 19.1. The third kappa shape index (κ3) is 3.26. The number of rotatable bonds is 4. The number of hydrogen-bond donors (Lipinski definition) is 1. The molecule has 0 aliphatic rings. The molecule has 0 bridgehead atoms. The van der Waals surface area contributed by atoms with Gasteiger partial charge in [0.15, 0.2) is 0 Å². The predicted octanol–water partition coefficient (Wildman–Crippen LogP) is 4.42. The molecule has 0 aliphatic heterocycles. The fourth-order valence-corrected chi connectivity index (χ4v) is 2.26.